The molecule has 358 valence electrons. The Labute approximate surface area is 407 Å². The molecule has 14 nitrogen and oxygen atoms in total. The summed E-state index contributed by atoms with van der Waals surface area (Å²) >= 11 is 0. The molecule has 0 atom stereocenters. The zero-order valence-electron chi connectivity index (χ0n) is 37.2. The first-order valence-corrected chi connectivity index (χ1v) is 26.3. The highest BCUT2D eigenvalue weighted by atomic mass is 32.2. The van der Waals surface area contributed by atoms with Crippen molar-refractivity contribution in [1.82, 2.24) is 0 Å². The van der Waals surface area contributed by atoms with E-state index in [1.807, 2.05) is 67.6 Å². The summed E-state index contributed by atoms with van der Waals surface area (Å²) in [6, 6.07) is 51.9. The minimum Gasteiger partial charge on any atom is -0.497 e. The van der Waals surface area contributed by atoms with Crippen LogP contribution in [0, 0.1) is 6.92 Å². The maximum absolute atomic E-state index is 13.5. The van der Waals surface area contributed by atoms with Crippen LogP contribution in [0.2, 0.25) is 0 Å². The van der Waals surface area contributed by atoms with Crippen molar-refractivity contribution in [1.29, 1.82) is 0 Å². The van der Waals surface area contributed by atoms with Gasteiger partial charge < -0.3 is 18.9 Å². The van der Waals surface area contributed by atoms with E-state index in [9.17, 15) is 29.8 Å². The maximum atomic E-state index is 13.5. The van der Waals surface area contributed by atoms with Gasteiger partial charge in [0.1, 0.15) is 45.1 Å². The second-order valence-electron chi connectivity index (χ2n) is 15.5. The fourth-order valence-electron chi connectivity index (χ4n) is 6.94. The standard InChI is InChI=1S/C52H42O11S3.O3S/c1-36-3-25-47(26-4-36)65(55,56)50-31-32-51(52(35-50)66(57,58)59)63-46-19-11-40(12-20-46)34-39-9-17-43(18-10-39)62-45-23-29-49(30-24-45)64(53,54)48-27-21-44(22-28-48)61-42-15-7-38(8-16-42)33-37-5-13-41(60-2)14-6-37;1-4(2)3/h3-32,35H,33-34H2,1-2H3,(H,57,58,59);. The lowest BCUT2D eigenvalue weighted by atomic mass is 10.0. The number of ether oxygens (including phenoxy) is 4. The first-order valence-electron chi connectivity index (χ1n) is 20.9. The van der Waals surface area contributed by atoms with Crippen molar-refractivity contribution >= 4 is 40.4 Å². The Kier molecular flexibility index (Phi) is 15.6. The fourth-order valence-corrected chi connectivity index (χ4v) is 10.2. The Balaban J connectivity index is 0.00000174. The zero-order chi connectivity index (χ0) is 50.1. The van der Waals surface area contributed by atoms with Gasteiger partial charge in [-0.2, -0.15) is 8.42 Å². The van der Waals surface area contributed by atoms with Crippen LogP contribution in [0.4, 0.5) is 0 Å². The van der Waals surface area contributed by atoms with E-state index in [0.717, 1.165) is 46.1 Å². The second kappa shape index (κ2) is 21.8. The molecule has 0 bridgehead atoms. The zero-order valence-corrected chi connectivity index (χ0v) is 40.5. The van der Waals surface area contributed by atoms with Crippen molar-refractivity contribution < 1.29 is 61.4 Å². The molecule has 8 aromatic rings. The Hall–Kier alpha value is -7.61. The highest BCUT2D eigenvalue weighted by Gasteiger charge is 2.25. The van der Waals surface area contributed by atoms with Gasteiger partial charge in [0.15, 0.2) is 0 Å². The van der Waals surface area contributed by atoms with Crippen LogP contribution in [0.3, 0.4) is 0 Å². The monoisotopic (exact) mass is 1020 g/mol. The molecule has 0 fully saturated rings. The summed E-state index contributed by atoms with van der Waals surface area (Å²) in [5.41, 5.74) is 5.02. The van der Waals surface area contributed by atoms with Gasteiger partial charge in [-0.1, -0.05) is 66.2 Å². The highest BCUT2D eigenvalue weighted by molar-refractivity contribution is 7.92. The third-order valence-corrected chi connectivity index (χ3v) is 15.0. The van der Waals surface area contributed by atoms with Crippen molar-refractivity contribution in [2.75, 3.05) is 7.11 Å². The van der Waals surface area contributed by atoms with Gasteiger partial charge in [-0.3, -0.25) is 4.55 Å². The van der Waals surface area contributed by atoms with Crippen LogP contribution in [0.1, 0.15) is 27.8 Å². The van der Waals surface area contributed by atoms with E-state index in [1.165, 1.54) is 48.5 Å². The molecular formula is C52H42O14S4. The maximum Gasteiger partial charge on any atom is 0.425 e. The van der Waals surface area contributed by atoms with Gasteiger partial charge in [0.05, 0.1) is 26.7 Å². The van der Waals surface area contributed by atoms with E-state index in [4.69, 9.17) is 31.6 Å². The van der Waals surface area contributed by atoms with Crippen LogP contribution < -0.4 is 18.9 Å². The molecule has 0 spiro atoms. The molecule has 18 heteroatoms. The SMILES string of the molecule is COc1ccc(Cc2ccc(Oc3ccc(S(=O)(=O)c4ccc(Oc5ccc(Cc6ccc(Oc7ccc(S(=O)(=O)c8ccc(C)cc8)cc7S(=O)(=O)O)cc6)cc5)cc4)cc3)cc2)cc1.O=S(=O)=O. The van der Waals surface area contributed by atoms with Gasteiger partial charge in [0, 0.05) is 0 Å². The van der Waals surface area contributed by atoms with E-state index in [-0.39, 0.29) is 31.1 Å². The molecular weight excluding hydrogens is 977 g/mol. The summed E-state index contributed by atoms with van der Waals surface area (Å²) in [6.07, 6.45) is 1.31. The van der Waals surface area contributed by atoms with Crippen LogP contribution in [-0.2, 0) is 53.2 Å². The van der Waals surface area contributed by atoms with E-state index < -0.39 is 45.3 Å². The predicted octanol–water partition coefficient (Wildman–Crippen LogP) is 10.5. The lowest BCUT2D eigenvalue weighted by molar-refractivity contribution is 0.414. The third kappa shape index (κ3) is 13.1. The molecule has 1 N–H and O–H groups in total. The molecule has 0 amide bonds. The molecule has 0 aromatic heterocycles. The summed E-state index contributed by atoms with van der Waals surface area (Å²) in [5.74, 6) is 2.98. The Morgan fingerprint density at radius 2 is 0.686 bits per heavy atom. The molecule has 0 aliphatic rings. The number of hydrogen-bond acceptors (Lipinski definition) is 13. The van der Waals surface area contributed by atoms with E-state index in [1.54, 1.807) is 79.9 Å². The lowest BCUT2D eigenvalue weighted by Gasteiger charge is -2.12. The first kappa shape index (κ1) is 50.3. The van der Waals surface area contributed by atoms with Gasteiger partial charge in [-0.15, -0.1) is 12.6 Å². The van der Waals surface area contributed by atoms with Gasteiger partial charge in [-0.25, -0.2) is 16.8 Å². The minimum atomic E-state index is -4.86. The number of rotatable bonds is 16. The normalized spacial score (nSPS) is 11.4. The summed E-state index contributed by atoms with van der Waals surface area (Å²) in [7, 11) is -14.2. The van der Waals surface area contributed by atoms with Gasteiger partial charge >= 0.3 is 10.6 Å². The van der Waals surface area contributed by atoms with Crippen molar-refractivity contribution in [3.05, 3.63) is 216 Å². The van der Waals surface area contributed by atoms with Gasteiger partial charge in [-0.05, 0) is 169 Å². The largest absolute Gasteiger partial charge is 0.497 e. The third-order valence-electron chi connectivity index (χ3n) is 10.5. The highest BCUT2D eigenvalue weighted by Crippen LogP contribution is 2.34. The summed E-state index contributed by atoms with van der Waals surface area (Å²) in [4.78, 5) is -0.775. The molecule has 8 aromatic carbocycles. The first-order chi connectivity index (χ1) is 33.3. The average molecular weight is 1020 g/mol. The Morgan fingerprint density at radius 3 is 1.03 bits per heavy atom. The fraction of sp³-hybridized carbons (Fsp3) is 0.0769. The van der Waals surface area contributed by atoms with E-state index in [2.05, 4.69) is 0 Å². The van der Waals surface area contributed by atoms with Crippen LogP contribution in [0.5, 0.6) is 40.2 Å². The average Bonchev–Trinajstić information content (AvgIpc) is 3.34. The second-order valence-corrected chi connectivity index (χ2v) is 21.2. The summed E-state index contributed by atoms with van der Waals surface area (Å²) < 4.78 is 136. The molecule has 0 heterocycles. The molecule has 0 aliphatic heterocycles. The molecule has 70 heavy (non-hydrogen) atoms. The van der Waals surface area contributed by atoms with Crippen LogP contribution in [0.25, 0.3) is 0 Å². The number of sulfone groups is 2. The van der Waals surface area contributed by atoms with Crippen molar-refractivity contribution in [2.24, 2.45) is 0 Å². The lowest BCUT2D eigenvalue weighted by Crippen LogP contribution is -2.06. The number of benzene rings is 8. The smallest absolute Gasteiger partial charge is 0.425 e. The van der Waals surface area contributed by atoms with E-state index >= 15 is 0 Å². The Bertz CT molecular complexity index is 3550. The van der Waals surface area contributed by atoms with Gasteiger partial charge in [0.2, 0.25) is 19.7 Å². The van der Waals surface area contributed by atoms with Crippen LogP contribution in [0.15, 0.2) is 213 Å². The van der Waals surface area contributed by atoms with Crippen molar-refractivity contribution in [3.63, 3.8) is 0 Å². The predicted molar refractivity (Wildman–Crippen MR) is 259 cm³/mol. The molecule has 8 rings (SSSR count). The minimum absolute atomic E-state index is 0.0202. The van der Waals surface area contributed by atoms with E-state index in [0.29, 0.717) is 29.4 Å². The molecule has 0 saturated heterocycles. The summed E-state index contributed by atoms with van der Waals surface area (Å²) in [6.45, 7) is 1.81. The topological polar surface area (TPSA) is 211 Å². The van der Waals surface area contributed by atoms with Crippen molar-refractivity contribution in [3.8, 4) is 40.2 Å². The number of aryl methyl sites for hydroxylation is 1. The quantitative estimate of drug-likeness (QED) is 0.0893. The number of methoxy groups -OCH3 is 1. The molecule has 0 aliphatic carbocycles. The Morgan fingerprint density at radius 1 is 0.400 bits per heavy atom. The van der Waals surface area contributed by atoms with Crippen LogP contribution >= 0.6 is 0 Å². The molecule has 0 saturated carbocycles. The van der Waals surface area contributed by atoms with Gasteiger partial charge in [0.25, 0.3) is 10.1 Å². The molecule has 0 radical (unpaired) electrons. The van der Waals surface area contributed by atoms with Crippen LogP contribution in [-0.4, -0.2) is 49.5 Å². The molecule has 0 unspecified atom stereocenters. The summed E-state index contributed by atoms with van der Waals surface area (Å²) in [5, 5.41) is 0. The number of hydrogen-bond donors (Lipinski definition) is 1. The van der Waals surface area contributed by atoms with Crippen molar-refractivity contribution in [2.45, 2.75) is 44.2 Å².